The van der Waals surface area contributed by atoms with Crippen LogP contribution in [0.3, 0.4) is 0 Å². The van der Waals surface area contributed by atoms with E-state index in [0.29, 0.717) is 25.7 Å². The quantitative estimate of drug-likeness (QED) is 0.103. The average Bonchev–Trinajstić information content (AvgIpc) is 2.81. The molecule has 0 aromatic carbocycles. The maximum Gasteiger partial charge on any atom is 0.475 e. The van der Waals surface area contributed by atoms with Crippen LogP contribution in [0.1, 0.15) is 67.2 Å². The van der Waals surface area contributed by atoms with Crippen molar-refractivity contribution in [2.45, 2.75) is 94.6 Å². The van der Waals surface area contributed by atoms with Crippen molar-refractivity contribution in [1.29, 1.82) is 0 Å². The van der Waals surface area contributed by atoms with Gasteiger partial charge in [0.2, 0.25) is 0 Å². The van der Waals surface area contributed by atoms with Crippen LogP contribution >= 0.6 is 61.8 Å². The molecule has 0 fully saturated rings. The molecule has 0 aliphatic rings. The summed E-state index contributed by atoms with van der Waals surface area (Å²) in [5.74, 6) is -1.71. The first-order chi connectivity index (χ1) is 15.4. The molecule has 0 aromatic rings. The molecular formula is C20H40Cl4O7P2. The fraction of sp³-hybridized carbons (Fsp3) is 1.00. The SMILES string of the molecule is CC[C@@H](Cl)COP(=O)(OC[C@H](Cl)CC)O[C@H](C(C)C)P(=O)(OC[C@H](Cl)CC)OC[C@@H](Cl)CC. The van der Waals surface area contributed by atoms with E-state index >= 15 is 0 Å². The van der Waals surface area contributed by atoms with Gasteiger partial charge in [-0.2, -0.15) is 0 Å². The van der Waals surface area contributed by atoms with Gasteiger partial charge in [0.15, 0.2) is 5.85 Å². The van der Waals surface area contributed by atoms with E-state index in [1.807, 2.05) is 27.7 Å². The lowest BCUT2D eigenvalue weighted by Crippen LogP contribution is -2.26. The molecule has 0 N–H and O–H groups in total. The van der Waals surface area contributed by atoms with E-state index in [2.05, 4.69) is 0 Å². The zero-order valence-corrected chi connectivity index (χ0v) is 25.2. The van der Waals surface area contributed by atoms with Gasteiger partial charge < -0.3 is 9.05 Å². The highest BCUT2D eigenvalue weighted by molar-refractivity contribution is 7.56. The highest BCUT2D eigenvalue weighted by Crippen LogP contribution is 2.63. The lowest BCUT2D eigenvalue weighted by Gasteiger charge is -2.32. The second-order valence-corrected chi connectivity index (χ2v) is 14.1. The van der Waals surface area contributed by atoms with Gasteiger partial charge in [-0.1, -0.05) is 41.5 Å². The van der Waals surface area contributed by atoms with Gasteiger partial charge in [-0.25, -0.2) is 4.57 Å². The van der Waals surface area contributed by atoms with Gasteiger partial charge in [0.25, 0.3) is 0 Å². The molecular weight excluding hydrogens is 556 g/mol. The van der Waals surface area contributed by atoms with Crippen LogP contribution < -0.4 is 0 Å². The standard InChI is InChI=1S/C20H40Cl4O7P2/c1-7-16(21)11-27-32(25,28-12-17(22)8-2)20(15(5)6)31-33(26,29-13-18(23)9-3)30-14-19(24)10-4/h15-20H,7-14H2,1-6H3/t16-,17+,18-,19-,20+,32?/m1/s1. The van der Waals surface area contributed by atoms with Crippen LogP contribution in [0.5, 0.6) is 0 Å². The van der Waals surface area contributed by atoms with E-state index in [1.165, 1.54) is 0 Å². The summed E-state index contributed by atoms with van der Waals surface area (Å²) in [5, 5.41) is -1.61. The van der Waals surface area contributed by atoms with Crippen LogP contribution in [0.25, 0.3) is 0 Å². The zero-order chi connectivity index (χ0) is 25.7. The molecule has 0 saturated carbocycles. The molecule has 0 aliphatic carbocycles. The highest BCUT2D eigenvalue weighted by Gasteiger charge is 2.46. The predicted molar refractivity (Wildman–Crippen MR) is 138 cm³/mol. The van der Waals surface area contributed by atoms with Crippen LogP contribution in [-0.2, 0) is 31.7 Å². The Morgan fingerprint density at radius 2 is 0.909 bits per heavy atom. The summed E-state index contributed by atoms with van der Waals surface area (Å²) < 4.78 is 55.5. The number of hydrogen-bond acceptors (Lipinski definition) is 7. The Morgan fingerprint density at radius 1 is 0.606 bits per heavy atom. The van der Waals surface area contributed by atoms with Gasteiger partial charge in [0.05, 0.1) is 47.9 Å². The maximum atomic E-state index is 13.9. The largest absolute Gasteiger partial charge is 0.475 e. The zero-order valence-electron chi connectivity index (χ0n) is 20.4. The number of rotatable bonds is 20. The number of hydrogen-bond donors (Lipinski definition) is 0. The van der Waals surface area contributed by atoms with E-state index in [4.69, 9.17) is 69.0 Å². The number of halogens is 4. The number of phosphoric acid groups is 1. The summed E-state index contributed by atoms with van der Waals surface area (Å²) in [6, 6.07) is 0. The van der Waals surface area contributed by atoms with E-state index in [0.717, 1.165) is 0 Å². The maximum absolute atomic E-state index is 13.9. The van der Waals surface area contributed by atoms with Crippen molar-refractivity contribution in [1.82, 2.24) is 0 Å². The Hall–Kier alpha value is 1.42. The first-order valence-corrected chi connectivity index (χ1v) is 16.2. The lowest BCUT2D eigenvalue weighted by molar-refractivity contribution is 0.0665. The molecule has 6 atom stereocenters. The van der Waals surface area contributed by atoms with Crippen molar-refractivity contribution in [3.05, 3.63) is 0 Å². The molecule has 7 nitrogen and oxygen atoms in total. The summed E-state index contributed by atoms with van der Waals surface area (Å²) in [5.41, 5.74) is 0. The van der Waals surface area contributed by atoms with Crippen molar-refractivity contribution < 1.29 is 31.7 Å². The van der Waals surface area contributed by atoms with E-state index < -0.39 is 48.7 Å². The molecule has 33 heavy (non-hydrogen) atoms. The van der Waals surface area contributed by atoms with E-state index in [1.54, 1.807) is 13.8 Å². The Kier molecular flexibility index (Phi) is 18.6. The molecule has 0 aromatic heterocycles. The fourth-order valence-corrected chi connectivity index (χ4v) is 6.86. The van der Waals surface area contributed by atoms with Crippen LogP contribution in [0.4, 0.5) is 0 Å². The third kappa shape index (κ3) is 14.1. The van der Waals surface area contributed by atoms with Gasteiger partial charge in [0, 0.05) is 0 Å². The monoisotopic (exact) mass is 594 g/mol. The molecule has 0 radical (unpaired) electrons. The van der Waals surface area contributed by atoms with Gasteiger partial charge >= 0.3 is 15.4 Å². The predicted octanol–water partition coefficient (Wildman–Crippen LogP) is 8.42. The molecule has 13 heteroatoms. The molecule has 200 valence electrons. The minimum atomic E-state index is -4.24. The smallest absolute Gasteiger partial charge is 0.305 e. The summed E-state index contributed by atoms with van der Waals surface area (Å²) in [7, 11) is -8.25. The van der Waals surface area contributed by atoms with Crippen molar-refractivity contribution in [2.75, 3.05) is 26.4 Å². The molecule has 0 saturated heterocycles. The van der Waals surface area contributed by atoms with Crippen LogP contribution in [0.2, 0.25) is 0 Å². The molecule has 0 spiro atoms. The fourth-order valence-electron chi connectivity index (χ4n) is 2.14. The lowest BCUT2D eigenvalue weighted by atomic mass is 10.2. The van der Waals surface area contributed by atoms with Crippen LogP contribution in [-0.4, -0.2) is 53.8 Å². The molecule has 0 rings (SSSR count). The Balaban J connectivity index is 5.91. The highest BCUT2D eigenvalue weighted by atomic mass is 35.5. The molecule has 0 heterocycles. The summed E-state index contributed by atoms with van der Waals surface area (Å²) in [6.45, 7) is 10.6. The van der Waals surface area contributed by atoms with Gasteiger partial charge in [-0.05, 0) is 31.6 Å². The second kappa shape index (κ2) is 17.8. The van der Waals surface area contributed by atoms with E-state index in [9.17, 15) is 9.13 Å². The van der Waals surface area contributed by atoms with E-state index in [-0.39, 0.29) is 26.4 Å². The molecule has 1 unspecified atom stereocenters. The molecule has 0 bridgehead atoms. The first-order valence-electron chi connectivity index (χ1n) is 11.4. The number of alkyl halides is 4. The minimum Gasteiger partial charge on any atom is -0.305 e. The van der Waals surface area contributed by atoms with Crippen molar-refractivity contribution in [3.63, 3.8) is 0 Å². The third-order valence-electron chi connectivity index (χ3n) is 4.59. The van der Waals surface area contributed by atoms with Crippen molar-refractivity contribution in [3.8, 4) is 0 Å². The first kappa shape index (κ1) is 34.4. The summed E-state index contributed by atoms with van der Waals surface area (Å²) >= 11 is 24.6. The normalized spacial score (nSPS) is 19.1. The number of phosphoric ester groups is 1. The molecule has 0 aliphatic heterocycles. The van der Waals surface area contributed by atoms with Gasteiger partial charge in [-0.3, -0.25) is 18.1 Å². The van der Waals surface area contributed by atoms with Crippen molar-refractivity contribution >= 4 is 61.8 Å². The van der Waals surface area contributed by atoms with Crippen LogP contribution in [0.15, 0.2) is 0 Å². The molecule has 0 amide bonds. The van der Waals surface area contributed by atoms with Crippen molar-refractivity contribution in [2.24, 2.45) is 5.92 Å². The average molecular weight is 596 g/mol. The Labute approximate surface area is 219 Å². The Morgan fingerprint density at radius 3 is 1.18 bits per heavy atom. The topological polar surface area (TPSA) is 80.3 Å². The second-order valence-electron chi connectivity index (χ2n) is 7.93. The minimum absolute atomic E-state index is 0.0494. The Bertz CT molecular complexity index is 579. The van der Waals surface area contributed by atoms with Gasteiger partial charge in [0.1, 0.15) is 0 Å². The summed E-state index contributed by atoms with van der Waals surface area (Å²) in [4.78, 5) is 0. The third-order valence-corrected chi connectivity index (χ3v) is 10.3. The van der Waals surface area contributed by atoms with Crippen LogP contribution in [0, 0.1) is 5.92 Å². The summed E-state index contributed by atoms with van der Waals surface area (Å²) in [6.07, 6.45) is 2.34. The van der Waals surface area contributed by atoms with Gasteiger partial charge in [-0.15, -0.1) is 46.4 Å².